The Labute approximate surface area is 134 Å². The second kappa shape index (κ2) is 6.04. The van der Waals surface area contributed by atoms with E-state index in [4.69, 9.17) is 9.15 Å². The van der Waals surface area contributed by atoms with Gasteiger partial charge < -0.3 is 14.5 Å². The predicted octanol–water partition coefficient (Wildman–Crippen LogP) is 3.38. The fourth-order valence-corrected chi connectivity index (χ4v) is 2.92. The van der Waals surface area contributed by atoms with Crippen molar-refractivity contribution in [2.75, 3.05) is 11.9 Å². The zero-order valence-electron chi connectivity index (χ0n) is 13.1. The molecule has 1 fully saturated rings. The largest absolute Gasteiger partial charge is 0.438 e. The standard InChI is InChI=1S/C17H20N4O2/c1-12(17-20-15-6-2-3-7-16(15)23-17)19-13-9-18-21(10-13)11-14-5-4-8-22-14/h2-3,6-7,9-10,12,14,19H,4-5,8,11H2,1H3/t12-,14+/m0/s1. The van der Waals surface area contributed by atoms with Crippen molar-refractivity contribution in [2.24, 2.45) is 0 Å². The lowest BCUT2D eigenvalue weighted by molar-refractivity contribution is 0.0940. The maximum Gasteiger partial charge on any atom is 0.217 e. The van der Waals surface area contributed by atoms with Gasteiger partial charge in [0.1, 0.15) is 11.6 Å². The third kappa shape index (κ3) is 3.07. The molecular formula is C17H20N4O2. The molecule has 1 N–H and O–H groups in total. The van der Waals surface area contributed by atoms with Crippen molar-refractivity contribution in [3.05, 3.63) is 42.5 Å². The third-order valence-electron chi connectivity index (χ3n) is 4.11. The van der Waals surface area contributed by atoms with Crippen LogP contribution in [0, 0.1) is 0 Å². The molecule has 0 radical (unpaired) electrons. The molecule has 0 amide bonds. The monoisotopic (exact) mass is 312 g/mol. The summed E-state index contributed by atoms with van der Waals surface area (Å²) >= 11 is 0. The van der Waals surface area contributed by atoms with Crippen LogP contribution in [0.2, 0.25) is 0 Å². The number of aromatic nitrogens is 3. The van der Waals surface area contributed by atoms with Crippen LogP contribution in [0.15, 0.2) is 41.1 Å². The van der Waals surface area contributed by atoms with Crippen LogP contribution >= 0.6 is 0 Å². The van der Waals surface area contributed by atoms with Gasteiger partial charge in [-0.2, -0.15) is 5.10 Å². The van der Waals surface area contributed by atoms with E-state index in [9.17, 15) is 0 Å². The van der Waals surface area contributed by atoms with Gasteiger partial charge in [0, 0.05) is 12.8 Å². The Balaban J connectivity index is 1.43. The Morgan fingerprint density at radius 2 is 2.30 bits per heavy atom. The first-order valence-electron chi connectivity index (χ1n) is 8.04. The van der Waals surface area contributed by atoms with E-state index in [-0.39, 0.29) is 12.1 Å². The van der Waals surface area contributed by atoms with Crippen LogP contribution in [0.5, 0.6) is 0 Å². The zero-order chi connectivity index (χ0) is 15.6. The molecule has 6 nitrogen and oxygen atoms in total. The Morgan fingerprint density at radius 1 is 1.39 bits per heavy atom. The van der Waals surface area contributed by atoms with Gasteiger partial charge in [0.25, 0.3) is 0 Å². The number of ether oxygens (including phenoxy) is 1. The number of nitrogens with zero attached hydrogens (tertiary/aromatic N) is 3. The van der Waals surface area contributed by atoms with Gasteiger partial charge >= 0.3 is 0 Å². The summed E-state index contributed by atoms with van der Waals surface area (Å²) in [5.74, 6) is 0.679. The first-order valence-corrected chi connectivity index (χ1v) is 8.04. The van der Waals surface area contributed by atoms with Crippen molar-refractivity contribution in [1.29, 1.82) is 0 Å². The lowest BCUT2D eigenvalue weighted by atomic mass is 10.2. The van der Waals surface area contributed by atoms with Gasteiger partial charge in [-0.15, -0.1) is 0 Å². The van der Waals surface area contributed by atoms with Gasteiger partial charge in [0.2, 0.25) is 5.89 Å². The molecule has 23 heavy (non-hydrogen) atoms. The summed E-state index contributed by atoms with van der Waals surface area (Å²) in [4.78, 5) is 4.52. The molecule has 2 atom stereocenters. The molecule has 1 aliphatic heterocycles. The highest BCUT2D eigenvalue weighted by atomic mass is 16.5. The molecule has 3 heterocycles. The van der Waals surface area contributed by atoms with Crippen molar-refractivity contribution in [3.8, 4) is 0 Å². The topological polar surface area (TPSA) is 65.1 Å². The lowest BCUT2D eigenvalue weighted by Crippen LogP contribution is -2.15. The fourth-order valence-electron chi connectivity index (χ4n) is 2.92. The molecule has 4 rings (SSSR count). The van der Waals surface area contributed by atoms with Crippen molar-refractivity contribution in [3.63, 3.8) is 0 Å². The van der Waals surface area contributed by atoms with Gasteiger partial charge in [-0.25, -0.2) is 4.98 Å². The number of benzene rings is 1. The number of hydrogen-bond acceptors (Lipinski definition) is 5. The molecule has 2 aromatic heterocycles. The van der Waals surface area contributed by atoms with E-state index < -0.39 is 0 Å². The number of oxazole rings is 1. The van der Waals surface area contributed by atoms with Gasteiger partial charge in [0.15, 0.2) is 5.58 Å². The quantitative estimate of drug-likeness (QED) is 0.782. The van der Waals surface area contributed by atoms with Crippen LogP contribution in [0.3, 0.4) is 0 Å². The Kier molecular flexibility index (Phi) is 3.75. The van der Waals surface area contributed by atoms with E-state index in [1.165, 1.54) is 0 Å². The molecule has 0 saturated carbocycles. The number of nitrogens with one attached hydrogen (secondary N) is 1. The summed E-state index contributed by atoms with van der Waals surface area (Å²) in [6.45, 7) is 3.70. The van der Waals surface area contributed by atoms with Crippen LogP contribution in [-0.2, 0) is 11.3 Å². The number of anilines is 1. The van der Waals surface area contributed by atoms with Gasteiger partial charge in [0.05, 0.1) is 24.5 Å². The first-order chi connectivity index (χ1) is 11.3. The normalized spacial score (nSPS) is 19.3. The molecule has 0 unspecified atom stereocenters. The molecule has 6 heteroatoms. The molecular weight excluding hydrogens is 292 g/mol. The van der Waals surface area contributed by atoms with Gasteiger partial charge in [-0.05, 0) is 31.9 Å². The van der Waals surface area contributed by atoms with Crippen molar-refractivity contribution in [2.45, 2.75) is 38.5 Å². The maximum absolute atomic E-state index is 5.80. The van der Waals surface area contributed by atoms with Crippen LogP contribution < -0.4 is 5.32 Å². The molecule has 0 spiro atoms. The molecule has 3 aromatic rings. The minimum Gasteiger partial charge on any atom is -0.438 e. The van der Waals surface area contributed by atoms with Crippen molar-refractivity contribution < 1.29 is 9.15 Å². The number of fused-ring (bicyclic) bond motifs is 1. The van der Waals surface area contributed by atoms with Crippen LogP contribution in [-0.4, -0.2) is 27.5 Å². The van der Waals surface area contributed by atoms with Crippen LogP contribution in [0.1, 0.15) is 31.7 Å². The maximum atomic E-state index is 5.80. The summed E-state index contributed by atoms with van der Waals surface area (Å²) in [5, 5.41) is 7.78. The van der Waals surface area contributed by atoms with Crippen LogP contribution in [0.4, 0.5) is 5.69 Å². The minimum absolute atomic E-state index is 0.0252. The lowest BCUT2D eigenvalue weighted by Gasteiger charge is -2.10. The zero-order valence-corrected chi connectivity index (χ0v) is 13.1. The average Bonchev–Trinajstić information content (AvgIpc) is 3.28. The molecule has 1 aromatic carbocycles. The number of hydrogen-bond donors (Lipinski definition) is 1. The Hall–Kier alpha value is -2.34. The van der Waals surface area contributed by atoms with E-state index in [0.29, 0.717) is 5.89 Å². The van der Waals surface area contributed by atoms with E-state index in [1.54, 1.807) is 0 Å². The smallest absolute Gasteiger partial charge is 0.217 e. The summed E-state index contributed by atoms with van der Waals surface area (Å²) in [5.41, 5.74) is 2.65. The predicted molar refractivity (Wildman–Crippen MR) is 87.2 cm³/mol. The summed E-state index contributed by atoms with van der Waals surface area (Å²) in [6, 6.07) is 7.77. The summed E-state index contributed by atoms with van der Waals surface area (Å²) in [7, 11) is 0. The first kappa shape index (κ1) is 14.3. The Bertz CT molecular complexity index is 756. The molecule has 1 aliphatic rings. The van der Waals surface area contributed by atoms with Crippen LogP contribution in [0.25, 0.3) is 11.1 Å². The molecule has 0 bridgehead atoms. The second-order valence-electron chi connectivity index (χ2n) is 5.97. The van der Waals surface area contributed by atoms with Crippen molar-refractivity contribution >= 4 is 16.8 Å². The van der Waals surface area contributed by atoms with Crippen molar-refractivity contribution in [1.82, 2.24) is 14.8 Å². The highest BCUT2D eigenvalue weighted by Crippen LogP contribution is 2.23. The SMILES string of the molecule is C[C@H](Nc1cnn(C[C@H]2CCCO2)c1)c1nc2ccccc2o1. The van der Waals surface area contributed by atoms with Gasteiger partial charge in [-0.1, -0.05) is 12.1 Å². The van der Waals surface area contributed by atoms with E-state index in [2.05, 4.69) is 15.4 Å². The average molecular weight is 312 g/mol. The second-order valence-corrected chi connectivity index (χ2v) is 5.97. The summed E-state index contributed by atoms with van der Waals surface area (Å²) < 4.78 is 13.4. The summed E-state index contributed by atoms with van der Waals surface area (Å²) in [6.07, 6.45) is 6.38. The highest BCUT2D eigenvalue weighted by molar-refractivity contribution is 5.72. The highest BCUT2D eigenvalue weighted by Gasteiger charge is 2.17. The number of para-hydroxylation sites is 2. The van der Waals surface area contributed by atoms with E-state index in [0.717, 1.165) is 42.8 Å². The van der Waals surface area contributed by atoms with E-state index in [1.807, 2.05) is 48.3 Å². The number of rotatable bonds is 5. The third-order valence-corrected chi connectivity index (χ3v) is 4.11. The fraction of sp³-hybridized carbons (Fsp3) is 0.412. The van der Waals surface area contributed by atoms with E-state index >= 15 is 0 Å². The molecule has 120 valence electrons. The minimum atomic E-state index is -0.0252. The Morgan fingerprint density at radius 3 is 3.13 bits per heavy atom. The molecule has 1 saturated heterocycles. The van der Waals surface area contributed by atoms with Gasteiger partial charge in [-0.3, -0.25) is 4.68 Å². The molecule has 0 aliphatic carbocycles.